The zero-order valence-corrected chi connectivity index (χ0v) is 16.2. The molecule has 0 aliphatic heterocycles. The molecule has 0 heterocycles. The van der Waals surface area contributed by atoms with Crippen LogP contribution < -0.4 is 0 Å². The van der Waals surface area contributed by atoms with Crippen molar-refractivity contribution < 1.29 is 32.2 Å². The summed E-state index contributed by atoms with van der Waals surface area (Å²) >= 11 is 2.82. The first-order chi connectivity index (χ1) is 12.0. The Morgan fingerprint density at radius 2 is 1.88 bits per heavy atom. The Morgan fingerprint density at radius 3 is 2.46 bits per heavy atom. The van der Waals surface area contributed by atoms with Crippen molar-refractivity contribution in [3.8, 4) is 0 Å². The largest absolute Gasteiger partial charge is 0.466 e. The lowest BCUT2D eigenvalue weighted by molar-refractivity contribution is -0.147. The number of benzene rings is 1. The summed E-state index contributed by atoms with van der Waals surface area (Å²) in [6.45, 7) is 4.61. The molecule has 0 aromatic heterocycles. The van der Waals surface area contributed by atoms with Gasteiger partial charge in [0.25, 0.3) is 0 Å². The normalized spacial score (nSPS) is 21.3. The van der Waals surface area contributed by atoms with Crippen molar-refractivity contribution in [2.45, 2.75) is 27.4 Å². The van der Waals surface area contributed by atoms with Gasteiger partial charge >= 0.3 is 11.9 Å². The van der Waals surface area contributed by atoms with Gasteiger partial charge in [-0.3, -0.25) is 4.79 Å². The molecule has 2 atom stereocenters. The standard InChI is InChI=1S/C18H18BrF3O4/c1-8(16(23)25-4)5-10-13(18(10,2)3)17(24)26-7-9-14(19)11(20)6-12(21)15(9)22/h5-6,10,13H,7H2,1-4H3/b8-5+/t10-,13+/m1/s1. The summed E-state index contributed by atoms with van der Waals surface area (Å²) in [6.07, 6.45) is 1.64. The van der Waals surface area contributed by atoms with Crippen molar-refractivity contribution in [2.24, 2.45) is 17.3 Å². The van der Waals surface area contributed by atoms with Gasteiger partial charge in [-0.05, 0) is 34.2 Å². The van der Waals surface area contributed by atoms with Gasteiger partial charge in [0.15, 0.2) is 11.6 Å². The van der Waals surface area contributed by atoms with Gasteiger partial charge in [-0.15, -0.1) is 0 Å². The number of rotatable bonds is 5. The summed E-state index contributed by atoms with van der Waals surface area (Å²) < 4.78 is 50.0. The molecule has 1 fully saturated rings. The second kappa shape index (κ2) is 7.42. The maximum absolute atomic E-state index is 13.8. The molecule has 1 saturated carbocycles. The van der Waals surface area contributed by atoms with Crippen LogP contribution in [0.5, 0.6) is 0 Å². The molecule has 0 radical (unpaired) electrons. The van der Waals surface area contributed by atoms with Crippen LogP contribution in [-0.4, -0.2) is 19.0 Å². The van der Waals surface area contributed by atoms with Crippen molar-refractivity contribution in [3.63, 3.8) is 0 Å². The van der Waals surface area contributed by atoms with Gasteiger partial charge in [-0.2, -0.15) is 0 Å². The maximum atomic E-state index is 13.8. The van der Waals surface area contributed by atoms with Gasteiger partial charge in [0, 0.05) is 17.2 Å². The summed E-state index contributed by atoms with van der Waals surface area (Å²) in [6, 6.07) is 0.408. The highest BCUT2D eigenvalue weighted by atomic mass is 79.9. The third-order valence-electron chi connectivity index (χ3n) is 4.66. The fourth-order valence-electron chi connectivity index (χ4n) is 2.92. The molecule has 26 heavy (non-hydrogen) atoms. The second-order valence-corrected chi connectivity index (χ2v) is 7.51. The molecular weight excluding hydrogens is 417 g/mol. The highest BCUT2D eigenvalue weighted by Crippen LogP contribution is 2.60. The molecule has 8 heteroatoms. The van der Waals surface area contributed by atoms with E-state index in [1.54, 1.807) is 13.0 Å². The van der Waals surface area contributed by atoms with E-state index < -0.39 is 52.9 Å². The van der Waals surface area contributed by atoms with Crippen LogP contribution >= 0.6 is 15.9 Å². The zero-order valence-electron chi connectivity index (χ0n) is 14.7. The van der Waals surface area contributed by atoms with Crippen LogP contribution in [0.25, 0.3) is 0 Å². The average molecular weight is 435 g/mol. The predicted molar refractivity (Wildman–Crippen MR) is 90.3 cm³/mol. The van der Waals surface area contributed by atoms with Gasteiger partial charge in [-0.25, -0.2) is 18.0 Å². The van der Waals surface area contributed by atoms with E-state index in [2.05, 4.69) is 20.7 Å². The molecule has 0 bridgehead atoms. The van der Waals surface area contributed by atoms with E-state index in [4.69, 9.17) is 4.74 Å². The molecule has 0 N–H and O–H groups in total. The molecule has 0 saturated heterocycles. The van der Waals surface area contributed by atoms with Crippen LogP contribution in [0.15, 0.2) is 22.2 Å². The minimum absolute atomic E-state index is 0.258. The minimum Gasteiger partial charge on any atom is -0.466 e. The molecule has 4 nitrogen and oxygen atoms in total. The van der Waals surface area contributed by atoms with Crippen LogP contribution in [0, 0.1) is 34.7 Å². The fourth-order valence-corrected chi connectivity index (χ4v) is 3.32. The molecule has 0 unspecified atom stereocenters. The smallest absolute Gasteiger partial charge is 0.333 e. The van der Waals surface area contributed by atoms with Crippen molar-refractivity contribution in [1.29, 1.82) is 0 Å². The molecule has 142 valence electrons. The highest BCUT2D eigenvalue weighted by Gasteiger charge is 2.61. The number of allylic oxidation sites excluding steroid dienone is 1. The Balaban J connectivity index is 2.11. The molecule has 1 aliphatic carbocycles. The van der Waals surface area contributed by atoms with Crippen LogP contribution in [0.1, 0.15) is 26.3 Å². The third-order valence-corrected chi connectivity index (χ3v) is 5.52. The lowest BCUT2D eigenvalue weighted by atomic mass is 10.1. The first-order valence-electron chi connectivity index (χ1n) is 7.77. The topological polar surface area (TPSA) is 52.6 Å². The monoisotopic (exact) mass is 434 g/mol. The zero-order chi connectivity index (χ0) is 19.8. The van der Waals surface area contributed by atoms with Crippen molar-refractivity contribution in [3.05, 3.63) is 45.2 Å². The van der Waals surface area contributed by atoms with Gasteiger partial charge in [0.1, 0.15) is 12.4 Å². The number of hydrogen-bond acceptors (Lipinski definition) is 4. The Bertz CT molecular complexity index is 763. The summed E-state index contributed by atoms with van der Waals surface area (Å²) in [5.74, 6) is -5.58. The molecular formula is C18H18BrF3O4. The number of carbonyl (C=O) groups is 2. The van der Waals surface area contributed by atoms with E-state index in [1.165, 1.54) is 7.11 Å². The third kappa shape index (κ3) is 3.79. The van der Waals surface area contributed by atoms with E-state index in [1.807, 2.05) is 13.8 Å². The quantitative estimate of drug-likeness (QED) is 0.393. The fraction of sp³-hybridized carbons (Fsp3) is 0.444. The summed E-state index contributed by atoms with van der Waals surface area (Å²) in [4.78, 5) is 23.8. The SMILES string of the molecule is COC(=O)/C(C)=C/[C@@H]1[C@@H](C(=O)OCc2c(F)c(F)cc(F)c2Br)C1(C)C. The Hall–Kier alpha value is -1.83. The number of carbonyl (C=O) groups excluding carboxylic acids is 2. The first kappa shape index (κ1) is 20.5. The number of hydrogen-bond donors (Lipinski definition) is 0. The average Bonchev–Trinajstić information content (AvgIpc) is 3.12. The van der Waals surface area contributed by atoms with E-state index in [0.717, 1.165) is 0 Å². The first-order valence-corrected chi connectivity index (χ1v) is 8.56. The van der Waals surface area contributed by atoms with Crippen molar-refractivity contribution in [2.75, 3.05) is 7.11 Å². The van der Waals surface area contributed by atoms with Crippen molar-refractivity contribution in [1.82, 2.24) is 0 Å². The number of halogens is 4. The van der Waals surface area contributed by atoms with Gasteiger partial charge in [-0.1, -0.05) is 19.9 Å². The minimum atomic E-state index is -1.36. The molecule has 0 amide bonds. The van der Waals surface area contributed by atoms with E-state index >= 15 is 0 Å². The molecule has 1 aliphatic rings. The molecule has 0 spiro atoms. The second-order valence-electron chi connectivity index (χ2n) is 6.72. The lowest BCUT2D eigenvalue weighted by Gasteiger charge is -2.10. The van der Waals surface area contributed by atoms with Crippen LogP contribution in [0.2, 0.25) is 0 Å². The molecule has 1 aromatic carbocycles. The summed E-state index contributed by atoms with van der Waals surface area (Å²) in [5.41, 5.74) is -0.510. The van der Waals surface area contributed by atoms with Gasteiger partial charge in [0.05, 0.1) is 17.5 Å². The van der Waals surface area contributed by atoms with Crippen LogP contribution in [-0.2, 0) is 25.7 Å². The summed E-state index contributed by atoms with van der Waals surface area (Å²) in [7, 11) is 1.26. The predicted octanol–water partition coefficient (Wildman–Crippen LogP) is 4.30. The highest BCUT2D eigenvalue weighted by molar-refractivity contribution is 9.10. The van der Waals surface area contributed by atoms with Gasteiger partial charge < -0.3 is 9.47 Å². The maximum Gasteiger partial charge on any atom is 0.333 e. The number of ether oxygens (including phenoxy) is 2. The van der Waals surface area contributed by atoms with Gasteiger partial charge in [0.2, 0.25) is 0 Å². The van der Waals surface area contributed by atoms with E-state index in [0.29, 0.717) is 11.6 Å². The van der Waals surface area contributed by atoms with E-state index in [9.17, 15) is 22.8 Å². The van der Waals surface area contributed by atoms with E-state index in [-0.39, 0.29) is 10.4 Å². The Morgan fingerprint density at radius 1 is 1.27 bits per heavy atom. The van der Waals surface area contributed by atoms with Crippen LogP contribution in [0.4, 0.5) is 13.2 Å². The Labute approximate surface area is 157 Å². The molecule has 1 aromatic rings. The molecule has 2 rings (SSSR count). The van der Waals surface area contributed by atoms with Crippen molar-refractivity contribution >= 4 is 27.9 Å². The summed E-state index contributed by atoms with van der Waals surface area (Å²) in [5, 5.41) is 0. The van der Waals surface area contributed by atoms with Crippen LogP contribution in [0.3, 0.4) is 0 Å². The Kier molecular flexibility index (Phi) is 5.85. The number of esters is 2. The lowest BCUT2D eigenvalue weighted by Crippen LogP contribution is -2.12. The number of methoxy groups -OCH3 is 1.